The number of aryl methyl sites for hydroxylation is 1. The van der Waals surface area contributed by atoms with Gasteiger partial charge in [-0.1, -0.05) is 30.3 Å². The molecule has 4 heteroatoms. The van der Waals surface area contributed by atoms with E-state index in [0.717, 1.165) is 6.42 Å². The second-order valence-corrected chi connectivity index (χ2v) is 6.11. The summed E-state index contributed by atoms with van der Waals surface area (Å²) in [6.45, 7) is 2.82. The molecule has 19 heavy (non-hydrogen) atoms. The van der Waals surface area contributed by atoms with Gasteiger partial charge in [-0.2, -0.15) is 11.8 Å². The fourth-order valence-electron chi connectivity index (χ4n) is 1.97. The van der Waals surface area contributed by atoms with Crippen LogP contribution in [0.15, 0.2) is 30.3 Å². The Morgan fingerprint density at radius 3 is 2.68 bits per heavy atom. The van der Waals surface area contributed by atoms with Gasteiger partial charge in [-0.3, -0.25) is 4.79 Å². The summed E-state index contributed by atoms with van der Waals surface area (Å²) in [5.41, 5.74) is 1.23. The lowest BCUT2D eigenvalue weighted by Crippen LogP contribution is -2.37. The van der Waals surface area contributed by atoms with Gasteiger partial charge in [-0.15, -0.1) is 0 Å². The van der Waals surface area contributed by atoms with Gasteiger partial charge in [-0.25, -0.2) is 0 Å². The van der Waals surface area contributed by atoms with Crippen molar-refractivity contribution < 1.29 is 14.6 Å². The predicted molar refractivity (Wildman–Crippen MR) is 79.3 cm³/mol. The van der Waals surface area contributed by atoms with Gasteiger partial charge in [0, 0.05) is 4.75 Å². The van der Waals surface area contributed by atoms with E-state index in [1.165, 1.54) is 5.56 Å². The van der Waals surface area contributed by atoms with Crippen LogP contribution in [0.2, 0.25) is 0 Å². The maximum Gasteiger partial charge on any atom is 0.293 e. The average molecular weight is 282 g/mol. The summed E-state index contributed by atoms with van der Waals surface area (Å²) in [6, 6.07) is 10.1. The van der Waals surface area contributed by atoms with E-state index in [0.29, 0.717) is 25.9 Å². The summed E-state index contributed by atoms with van der Waals surface area (Å²) in [5.74, 6) is 0. The number of aliphatic hydroxyl groups excluding tert-OH is 1. The fourth-order valence-corrected chi connectivity index (χ4v) is 2.65. The van der Waals surface area contributed by atoms with E-state index in [4.69, 9.17) is 4.74 Å². The first-order valence-electron chi connectivity index (χ1n) is 6.45. The minimum atomic E-state index is -0.419. The molecule has 0 heterocycles. The summed E-state index contributed by atoms with van der Waals surface area (Å²) < 4.78 is 4.46. The lowest BCUT2D eigenvalue weighted by molar-refractivity contribution is -0.129. The molecular formula is C15H22O3S. The molecule has 0 aliphatic carbocycles. The van der Waals surface area contributed by atoms with Gasteiger partial charge < -0.3 is 9.84 Å². The van der Waals surface area contributed by atoms with Crippen LogP contribution in [0.4, 0.5) is 0 Å². The van der Waals surface area contributed by atoms with Crippen LogP contribution < -0.4 is 0 Å². The predicted octanol–water partition coefficient (Wildman–Crippen LogP) is 2.66. The highest BCUT2D eigenvalue weighted by Crippen LogP contribution is 2.32. The lowest BCUT2D eigenvalue weighted by Gasteiger charge is -2.32. The molecule has 2 atom stereocenters. The highest BCUT2D eigenvalue weighted by Gasteiger charge is 2.31. The van der Waals surface area contributed by atoms with Crippen molar-refractivity contribution in [2.24, 2.45) is 0 Å². The molecule has 1 aromatic carbocycles. The largest absolute Gasteiger partial charge is 0.468 e. The third-order valence-corrected chi connectivity index (χ3v) is 4.91. The number of carbonyl (C=O) groups excluding carboxylic acids is 1. The number of carbonyl (C=O) groups is 1. The molecule has 0 saturated carbocycles. The molecular weight excluding hydrogens is 260 g/mol. The molecule has 0 aromatic heterocycles. The van der Waals surface area contributed by atoms with Crippen LogP contribution in [0.25, 0.3) is 0 Å². The van der Waals surface area contributed by atoms with Crippen LogP contribution in [0.1, 0.15) is 25.3 Å². The maximum atomic E-state index is 10.4. The SMILES string of the molecule is CS[C@@](C)(CCOC=O)C(O)CCc1ccccc1. The summed E-state index contributed by atoms with van der Waals surface area (Å²) in [4.78, 5) is 10.2. The maximum absolute atomic E-state index is 10.4. The Labute approximate surface area is 119 Å². The summed E-state index contributed by atoms with van der Waals surface area (Å²) in [5, 5.41) is 10.4. The molecule has 0 radical (unpaired) electrons. The number of rotatable bonds is 9. The first-order chi connectivity index (χ1) is 9.12. The summed E-state index contributed by atoms with van der Waals surface area (Å²) in [7, 11) is 0. The highest BCUT2D eigenvalue weighted by atomic mass is 32.2. The Hall–Kier alpha value is -1.00. The van der Waals surface area contributed by atoms with Gasteiger partial charge in [-0.05, 0) is 38.0 Å². The topological polar surface area (TPSA) is 46.5 Å². The second kappa shape index (κ2) is 8.23. The molecule has 1 aromatic rings. The molecule has 0 amide bonds. The smallest absolute Gasteiger partial charge is 0.293 e. The van der Waals surface area contributed by atoms with Crippen molar-refractivity contribution in [1.82, 2.24) is 0 Å². The van der Waals surface area contributed by atoms with Crippen LogP contribution in [-0.2, 0) is 16.0 Å². The van der Waals surface area contributed by atoms with E-state index < -0.39 is 6.10 Å². The van der Waals surface area contributed by atoms with Gasteiger partial charge in [0.25, 0.3) is 6.47 Å². The number of hydrogen-bond acceptors (Lipinski definition) is 4. The first kappa shape index (κ1) is 16.1. The standard InChI is InChI=1S/C15H22O3S/c1-15(19-2,10-11-18-12-16)14(17)9-8-13-6-4-3-5-7-13/h3-7,12,14,17H,8-11H2,1-2H3/t14?,15-/m0/s1. The van der Waals surface area contributed by atoms with Gasteiger partial charge >= 0.3 is 0 Å². The zero-order valence-corrected chi connectivity index (χ0v) is 12.4. The Bertz CT molecular complexity index is 369. The zero-order valence-electron chi connectivity index (χ0n) is 11.5. The third-order valence-electron chi connectivity index (χ3n) is 3.50. The van der Waals surface area contributed by atoms with E-state index in [2.05, 4.69) is 12.1 Å². The molecule has 0 bridgehead atoms. The van der Waals surface area contributed by atoms with Crippen molar-refractivity contribution in [2.45, 2.75) is 37.0 Å². The molecule has 0 saturated heterocycles. The molecule has 0 fully saturated rings. The third kappa shape index (κ3) is 5.25. The zero-order chi connectivity index (χ0) is 14.1. The average Bonchev–Trinajstić information content (AvgIpc) is 2.45. The van der Waals surface area contributed by atoms with E-state index in [1.54, 1.807) is 11.8 Å². The second-order valence-electron chi connectivity index (χ2n) is 4.77. The Morgan fingerprint density at radius 2 is 2.11 bits per heavy atom. The number of hydrogen-bond donors (Lipinski definition) is 1. The van der Waals surface area contributed by atoms with E-state index in [1.807, 2.05) is 31.4 Å². The minimum Gasteiger partial charge on any atom is -0.468 e. The number of aliphatic hydroxyl groups is 1. The van der Waals surface area contributed by atoms with Gasteiger partial charge in [0.1, 0.15) is 0 Å². The van der Waals surface area contributed by atoms with Crippen molar-refractivity contribution in [1.29, 1.82) is 0 Å². The van der Waals surface area contributed by atoms with Gasteiger partial charge in [0.05, 0.1) is 12.7 Å². The monoisotopic (exact) mass is 282 g/mol. The number of benzene rings is 1. The minimum absolute atomic E-state index is 0.280. The molecule has 1 N–H and O–H groups in total. The van der Waals surface area contributed by atoms with Crippen molar-refractivity contribution in [3.63, 3.8) is 0 Å². The molecule has 0 aliphatic rings. The van der Waals surface area contributed by atoms with Crippen molar-refractivity contribution >= 4 is 18.2 Å². The summed E-state index contributed by atoms with van der Waals surface area (Å²) >= 11 is 1.62. The quantitative estimate of drug-likeness (QED) is 0.559. The molecule has 1 rings (SSSR count). The van der Waals surface area contributed by atoms with E-state index in [9.17, 15) is 9.90 Å². The Morgan fingerprint density at radius 1 is 1.42 bits per heavy atom. The lowest BCUT2D eigenvalue weighted by atomic mass is 9.94. The normalized spacial score (nSPS) is 15.5. The molecule has 0 spiro atoms. The highest BCUT2D eigenvalue weighted by molar-refractivity contribution is 8.00. The van der Waals surface area contributed by atoms with E-state index >= 15 is 0 Å². The van der Waals surface area contributed by atoms with Crippen molar-refractivity contribution in [2.75, 3.05) is 12.9 Å². The van der Waals surface area contributed by atoms with Crippen LogP contribution in [-0.4, -0.2) is 35.3 Å². The van der Waals surface area contributed by atoms with Crippen LogP contribution in [0, 0.1) is 0 Å². The van der Waals surface area contributed by atoms with Crippen molar-refractivity contribution in [3.8, 4) is 0 Å². The molecule has 3 nitrogen and oxygen atoms in total. The van der Waals surface area contributed by atoms with Gasteiger partial charge in [0.15, 0.2) is 0 Å². The first-order valence-corrected chi connectivity index (χ1v) is 7.67. The van der Waals surface area contributed by atoms with Gasteiger partial charge in [0.2, 0.25) is 0 Å². The Kier molecular flexibility index (Phi) is 6.95. The van der Waals surface area contributed by atoms with Crippen molar-refractivity contribution in [3.05, 3.63) is 35.9 Å². The van der Waals surface area contributed by atoms with Crippen LogP contribution >= 0.6 is 11.8 Å². The molecule has 106 valence electrons. The summed E-state index contributed by atoms with van der Waals surface area (Å²) in [6.07, 6.45) is 3.78. The van der Waals surface area contributed by atoms with Crippen LogP contribution in [0.3, 0.4) is 0 Å². The van der Waals surface area contributed by atoms with E-state index in [-0.39, 0.29) is 4.75 Å². The number of thioether (sulfide) groups is 1. The molecule has 1 unspecified atom stereocenters. The molecule has 0 aliphatic heterocycles. The fraction of sp³-hybridized carbons (Fsp3) is 0.533. The Balaban J connectivity index is 2.48. The number of ether oxygens (including phenoxy) is 1. The van der Waals surface area contributed by atoms with Crippen LogP contribution in [0.5, 0.6) is 0 Å².